The van der Waals surface area contributed by atoms with E-state index in [1.807, 2.05) is 0 Å². The molecule has 0 aromatic carbocycles. The Kier molecular flexibility index (Phi) is 7.91. The third-order valence-corrected chi connectivity index (χ3v) is 4.40. The second-order valence-corrected chi connectivity index (χ2v) is 5.72. The second-order valence-electron chi connectivity index (χ2n) is 2.69. The molecule has 5 nitrogen and oxygen atoms in total. The number of hydrogen-bond acceptors (Lipinski definition) is 7. The Balaban J connectivity index is 5.35. The summed E-state index contributed by atoms with van der Waals surface area (Å²) in [7, 11) is -3.77. The van der Waals surface area contributed by atoms with Crippen LogP contribution in [0.15, 0.2) is 9.55 Å². The van der Waals surface area contributed by atoms with Gasteiger partial charge in [0.15, 0.2) is 0 Å². The van der Waals surface area contributed by atoms with Crippen LogP contribution >= 0.6 is 7.60 Å². The Labute approximate surface area is 112 Å². The third-order valence-electron chi connectivity index (χ3n) is 1.53. The van der Waals surface area contributed by atoms with Crippen LogP contribution in [-0.2, 0) is 48.4 Å². The van der Waals surface area contributed by atoms with E-state index in [-0.39, 0.29) is 29.4 Å². The van der Waals surface area contributed by atoms with Gasteiger partial charge >= 0.3 is 13.6 Å². The average molecular weight is 298 g/mol. The van der Waals surface area contributed by atoms with Gasteiger partial charge in [0.25, 0.3) is 0 Å². The topological polar surface area (TPSA) is 61.8 Å². The second kappa shape index (κ2) is 8.00. The SMILES string of the molecule is CCOC(=O)C(=C([S-])[S-])P(=O)(OCC)OCC. The molecule has 8 heteroatoms. The van der Waals surface area contributed by atoms with Crippen molar-refractivity contribution in [3.8, 4) is 0 Å². The first-order valence-corrected chi connectivity index (χ1v) is 7.43. The maximum atomic E-state index is 12.3. The van der Waals surface area contributed by atoms with Crippen molar-refractivity contribution in [3.05, 3.63) is 9.55 Å². The van der Waals surface area contributed by atoms with Crippen molar-refractivity contribution in [1.29, 1.82) is 0 Å². The molecule has 0 amide bonds. The van der Waals surface area contributed by atoms with E-state index in [2.05, 4.69) is 0 Å². The Morgan fingerprint density at radius 1 is 1.06 bits per heavy atom. The molecule has 0 spiro atoms. The monoisotopic (exact) mass is 298 g/mol. The first-order valence-electron chi connectivity index (χ1n) is 5.08. The number of carbonyl (C=O) groups is 1. The smallest absolute Gasteiger partial charge is 0.365 e. The van der Waals surface area contributed by atoms with Crippen molar-refractivity contribution < 1.29 is 23.1 Å². The van der Waals surface area contributed by atoms with Gasteiger partial charge in [-0.1, -0.05) is 0 Å². The van der Waals surface area contributed by atoms with Crippen molar-refractivity contribution in [2.24, 2.45) is 0 Å². The highest BCUT2D eigenvalue weighted by molar-refractivity contribution is 7.85. The molecule has 0 saturated carbocycles. The normalized spacial score (nSPS) is 11.0. The summed E-state index contributed by atoms with van der Waals surface area (Å²) in [6, 6.07) is 0. The molecular formula is C9H15O5PS2-2. The van der Waals surface area contributed by atoms with Crippen LogP contribution in [0.5, 0.6) is 0 Å². The molecule has 0 radical (unpaired) electrons. The molecular weight excluding hydrogens is 283 g/mol. The van der Waals surface area contributed by atoms with Gasteiger partial charge in [0.1, 0.15) is 5.31 Å². The van der Waals surface area contributed by atoms with Crippen molar-refractivity contribution >= 4 is 38.8 Å². The summed E-state index contributed by atoms with van der Waals surface area (Å²) in [4.78, 5) is 11.6. The van der Waals surface area contributed by atoms with E-state index in [1.54, 1.807) is 20.8 Å². The summed E-state index contributed by atoms with van der Waals surface area (Å²) in [6.07, 6.45) is 0. The molecule has 0 aromatic heterocycles. The fourth-order valence-electron chi connectivity index (χ4n) is 1.01. The molecule has 0 heterocycles. The van der Waals surface area contributed by atoms with E-state index in [9.17, 15) is 9.36 Å². The van der Waals surface area contributed by atoms with Crippen molar-refractivity contribution in [3.63, 3.8) is 0 Å². The molecule has 0 aliphatic carbocycles. The van der Waals surface area contributed by atoms with Crippen molar-refractivity contribution in [2.45, 2.75) is 20.8 Å². The van der Waals surface area contributed by atoms with Gasteiger partial charge < -0.3 is 43.3 Å². The van der Waals surface area contributed by atoms with Gasteiger partial charge in [0.05, 0.1) is 19.8 Å². The van der Waals surface area contributed by atoms with Gasteiger partial charge in [-0.15, -0.1) is 0 Å². The maximum absolute atomic E-state index is 12.3. The maximum Gasteiger partial charge on any atom is 0.365 e. The van der Waals surface area contributed by atoms with Gasteiger partial charge in [-0.2, -0.15) is 0 Å². The largest absolute Gasteiger partial charge is 0.806 e. The lowest BCUT2D eigenvalue weighted by Gasteiger charge is -2.28. The van der Waals surface area contributed by atoms with Crippen LogP contribution < -0.4 is 0 Å². The number of esters is 1. The molecule has 0 N–H and O–H groups in total. The third kappa shape index (κ3) is 4.89. The Morgan fingerprint density at radius 3 is 1.82 bits per heavy atom. The molecule has 0 aliphatic rings. The zero-order chi connectivity index (χ0) is 13.5. The predicted molar refractivity (Wildman–Crippen MR) is 69.2 cm³/mol. The van der Waals surface area contributed by atoms with E-state index in [0.717, 1.165) is 0 Å². The van der Waals surface area contributed by atoms with Crippen LogP contribution in [0, 0.1) is 0 Å². The first kappa shape index (κ1) is 16.8. The average Bonchev–Trinajstić information content (AvgIpc) is 2.17. The molecule has 0 bridgehead atoms. The summed E-state index contributed by atoms with van der Waals surface area (Å²) < 4.78 is 26.8. The van der Waals surface area contributed by atoms with Gasteiger partial charge in [-0.3, -0.25) is 4.57 Å². The Hall–Kier alpha value is -0.200. The minimum atomic E-state index is -3.77. The number of ether oxygens (including phenoxy) is 1. The fourth-order valence-corrected chi connectivity index (χ4v) is 3.37. The molecule has 0 saturated heterocycles. The lowest BCUT2D eigenvalue weighted by molar-refractivity contribution is -0.137. The van der Waals surface area contributed by atoms with Crippen LogP contribution in [0.25, 0.3) is 0 Å². The molecule has 0 aromatic rings. The summed E-state index contributed by atoms with van der Waals surface area (Å²) in [6.45, 7) is 5.21. The summed E-state index contributed by atoms with van der Waals surface area (Å²) >= 11 is 9.46. The van der Waals surface area contributed by atoms with Crippen LogP contribution in [0.4, 0.5) is 0 Å². The molecule has 0 fully saturated rings. The lowest BCUT2D eigenvalue weighted by atomic mass is 10.6. The minimum absolute atomic E-state index is 0.109. The molecule has 0 aliphatic heterocycles. The summed E-state index contributed by atoms with van der Waals surface area (Å²) in [5.74, 6) is -0.849. The van der Waals surface area contributed by atoms with E-state index >= 15 is 0 Å². The quantitative estimate of drug-likeness (QED) is 0.308. The van der Waals surface area contributed by atoms with E-state index in [0.29, 0.717) is 0 Å². The number of carbonyl (C=O) groups excluding carboxylic acids is 1. The standard InChI is InChI=1S/C9H17O5PS2/c1-4-12-8(10)7(9(16)17)15(11,13-5-2)14-6-3/h16-17H,4-6H2,1-3H3/p-2. The first-order chi connectivity index (χ1) is 7.92. The number of rotatable bonds is 7. The summed E-state index contributed by atoms with van der Waals surface area (Å²) in [5.41, 5.74) is 0. The van der Waals surface area contributed by atoms with Gasteiger partial charge in [0.2, 0.25) is 0 Å². The van der Waals surface area contributed by atoms with Crippen molar-refractivity contribution in [2.75, 3.05) is 19.8 Å². The highest BCUT2D eigenvalue weighted by atomic mass is 32.2. The molecule has 0 atom stereocenters. The Morgan fingerprint density at radius 2 is 1.53 bits per heavy atom. The van der Waals surface area contributed by atoms with E-state index < -0.39 is 13.6 Å². The van der Waals surface area contributed by atoms with Gasteiger partial charge in [0, 0.05) is 0 Å². The molecule has 0 unspecified atom stereocenters. The lowest BCUT2D eigenvalue weighted by Crippen LogP contribution is -2.13. The zero-order valence-corrected chi connectivity index (χ0v) is 12.5. The van der Waals surface area contributed by atoms with Crippen molar-refractivity contribution in [1.82, 2.24) is 0 Å². The molecule has 17 heavy (non-hydrogen) atoms. The zero-order valence-electron chi connectivity index (χ0n) is 9.93. The highest BCUT2D eigenvalue weighted by Crippen LogP contribution is 2.57. The van der Waals surface area contributed by atoms with E-state index in [1.165, 1.54) is 0 Å². The molecule has 0 rings (SSSR count). The van der Waals surface area contributed by atoms with Gasteiger partial charge in [-0.25, -0.2) is 4.79 Å². The molecule has 100 valence electrons. The van der Waals surface area contributed by atoms with Crippen LogP contribution in [-0.4, -0.2) is 25.8 Å². The number of hydrogen-bond donors (Lipinski definition) is 0. The minimum Gasteiger partial charge on any atom is -0.806 e. The highest BCUT2D eigenvalue weighted by Gasteiger charge is 2.33. The predicted octanol–water partition coefficient (Wildman–Crippen LogP) is 2.08. The fraction of sp³-hybridized carbons (Fsp3) is 0.667. The Bertz CT molecular complexity index is 328. The van der Waals surface area contributed by atoms with Crippen LogP contribution in [0.2, 0.25) is 0 Å². The van der Waals surface area contributed by atoms with Crippen LogP contribution in [0.1, 0.15) is 20.8 Å². The van der Waals surface area contributed by atoms with E-state index in [4.69, 9.17) is 39.0 Å². The summed E-state index contributed by atoms with van der Waals surface area (Å²) in [5, 5.41) is -0.368. The van der Waals surface area contributed by atoms with Gasteiger partial charge in [-0.05, 0) is 20.8 Å². The van der Waals surface area contributed by atoms with Crippen LogP contribution in [0.3, 0.4) is 0 Å².